The summed E-state index contributed by atoms with van der Waals surface area (Å²) in [5.74, 6) is 0.375. The summed E-state index contributed by atoms with van der Waals surface area (Å²) in [6, 6.07) is 9.49. The lowest BCUT2D eigenvalue weighted by Gasteiger charge is -2.31. The van der Waals surface area contributed by atoms with Gasteiger partial charge in [0.2, 0.25) is 5.91 Å². The van der Waals surface area contributed by atoms with Crippen molar-refractivity contribution in [2.24, 2.45) is 0 Å². The molecule has 2 heterocycles. The van der Waals surface area contributed by atoms with E-state index in [0.717, 1.165) is 53.9 Å². The van der Waals surface area contributed by atoms with Crippen molar-refractivity contribution < 1.29 is 9.90 Å². The lowest BCUT2D eigenvalue weighted by atomic mass is 9.81. The van der Waals surface area contributed by atoms with Gasteiger partial charge in [-0.15, -0.1) is 12.4 Å². The minimum atomic E-state index is -0.276. The van der Waals surface area contributed by atoms with Crippen LogP contribution in [-0.2, 0) is 24.3 Å². The first kappa shape index (κ1) is 23.8. The molecular formula is C25H31ClN4O2. The Bertz CT molecular complexity index is 1060. The predicted molar refractivity (Wildman–Crippen MR) is 128 cm³/mol. The monoisotopic (exact) mass is 454 g/mol. The molecule has 1 amide bonds. The molecule has 1 N–H and O–H groups in total. The van der Waals surface area contributed by atoms with Crippen molar-refractivity contribution in [2.45, 2.75) is 65.0 Å². The lowest BCUT2D eigenvalue weighted by molar-refractivity contribution is -0.120. The lowest BCUT2D eigenvalue weighted by Crippen LogP contribution is -2.36. The Balaban J connectivity index is 0.00000289. The maximum Gasteiger partial charge on any atom is 0.234 e. The van der Waals surface area contributed by atoms with Crippen LogP contribution in [0.15, 0.2) is 48.9 Å². The Morgan fingerprint density at radius 1 is 1.25 bits per heavy atom. The van der Waals surface area contributed by atoms with Crippen molar-refractivity contribution >= 4 is 24.0 Å². The molecule has 170 valence electrons. The van der Waals surface area contributed by atoms with Crippen LogP contribution in [0.4, 0.5) is 5.69 Å². The summed E-state index contributed by atoms with van der Waals surface area (Å²) in [5, 5.41) is 14.7. The van der Waals surface area contributed by atoms with Gasteiger partial charge in [0.05, 0.1) is 30.5 Å². The highest BCUT2D eigenvalue weighted by atomic mass is 35.5. The van der Waals surface area contributed by atoms with E-state index in [1.165, 1.54) is 0 Å². The number of phenolic OH excluding ortho intramolecular Hbond substituents is 1. The van der Waals surface area contributed by atoms with Crippen molar-refractivity contribution in [2.75, 3.05) is 4.90 Å². The number of aryl methyl sites for hydroxylation is 1. The average molecular weight is 455 g/mol. The Morgan fingerprint density at radius 2 is 2.06 bits per heavy atom. The summed E-state index contributed by atoms with van der Waals surface area (Å²) in [6.07, 6.45) is 8.06. The molecule has 0 spiro atoms. The van der Waals surface area contributed by atoms with Gasteiger partial charge in [0.1, 0.15) is 5.75 Å². The van der Waals surface area contributed by atoms with E-state index in [0.29, 0.717) is 12.5 Å². The molecule has 7 heteroatoms. The van der Waals surface area contributed by atoms with E-state index in [1.54, 1.807) is 12.3 Å². The van der Waals surface area contributed by atoms with Crippen molar-refractivity contribution in [1.82, 2.24) is 14.8 Å². The van der Waals surface area contributed by atoms with E-state index in [2.05, 4.69) is 23.9 Å². The molecule has 32 heavy (non-hydrogen) atoms. The standard InChI is InChI=1S/C25H30N4O2.ClH/c1-4-28-15-18(13-27-28)16-29(19-11-12-23(17(2)3)26-14-19)25(31)22-9-5-8-21-20(22)7-6-10-24(21)30;/h6-7,10-15,17,22,30H,4-5,8-9,16H2,1-3H3;1H/t22-;/m0./s1. The van der Waals surface area contributed by atoms with E-state index in [9.17, 15) is 9.90 Å². The van der Waals surface area contributed by atoms with E-state index in [-0.39, 0.29) is 30.0 Å². The SMILES string of the molecule is CCn1cc(CN(C(=O)[C@H]2CCCc3c(O)cccc32)c2ccc(C(C)C)nc2)cn1.Cl. The van der Waals surface area contributed by atoms with Gasteiger partial charge in [-0.1, -0.05) is 26.0 Å². The zero-order valence-electron chi connectivity index (χ0n) is 18.9. The number of phenols is 1. The molecule has 0 aliphatic heterocycles. The molecule has 4 rings (SSSR count). The number of anilines is 1. The first-order chi connectivity index (χ1) is 15.0. The maximum atomic E-state index is 13.9. The summed E-state index contributed by atoms with van der Waals surface area (Å²) in [7, 11) is 0. The molecule has 0 radical (unpaired) electrons. The largest absolute Gasteiger partial charge is 0.508 e. The van der Waals surface area contributed by atoms with Gasteiger partial charge < -0.3 is 10.0 Å². The van der Waals surface area contributed by atoms with E-state index in [4.69, 9.17) is 0 Å². The molecule has 1 aliphatic carbocycles. The fraction of sp³-hybridized carbons (Fsp3) is 0.400. The second-order valence-corrected chi connectivity index (χ2v) is 8.51. The van der Waals surface area contributed by atoms with Crippen LogP contribution in [0.1, 0.15) is 67.8 Å². The molecule has 1 aliphatic rings. The third-order valence-corrected chi connectivity index (χ3v) is 6.07. The minimum Gasteiger partial charge on any atom is -0.508 e. The van der Waals surface area contributed by atoms with Gasteiger partial charge in [-0.3, -0.25) is 14.5 Å². The molecule has 1 aromatic carbocycles. The number of pyridine rings is 1. The van der Waals surface area contributed by atoms with E-state index < -0.39 is 0 Å². The van der Waals surface area contributed by atoms with Crippen LogP contribution in [-0.4, -0.2) is 25.8 Å². The Morgan fingerprint density at radius 3 is 2.72 bits per heavy atom. The Kier molecular flexibility index (Phi) is 7.56. The number of rotatable bonds is 6. The Hall–Kier alpha value is -2.86. The number of aromatic hydroxyl groups is 1. The van der Waals surface area contributed by atoms with Gasteiger partial charge in [-0.05, 0) is 61.4 Å². The Labute approximate surface area is 195 Å². The average Bonchev–Trinajstić information content (AvgIpc) is 3.25. The highest BCUT2D eigenvalue weighted by molar-refractivity contribution is 5.98. The van der Waals surface area contributed by atoms with Gasteiger partial charge in [0, 0.05) is 24.0 Å². The fourth-order valence-electron chi connectivity index (χ4n) is 4.31. The number of benzene rings is 1. The van der Waals surface area contributed by atoms with Crippen LogP contribution in [0, 0.1) is 0 Å². The first-order valence-electron chi connectivity index (χ1n) is 11.1. The quantitative estimate of drug-likeness (QED) is 0.555. The number of hydrogen-bond donors (Lipinski definition) is 1. The second-order valence-electron chi connectivity index (χ2n) is 8.51. The van der Waals surface area contributed by atoms with Crippen LogP contribution in [0.25, 0.3) is 0 Å². The number of nitrogens with zero attached hydrogens (tertiary/aromatic N) is 4. The van der Waals surface area contributed by atoms with E-state index in [1.807, 2.05) is 53.2 Å². The number of amides is 1. The molecular weight excluding hydrogens is 424 g/mol. The molecule has 2 aromatic heterocycles. The second kappa shape index (κ2) is 10.2. The number of carbonyl (C=O) groups excluding carboxylic acids is 1. The molecule has 6 nitrogen and oxygen atoms in total. The minimum absolute atomic E-state index is 0. The normalized spacial score (nSPS) is 15.2. The van der Waals surface area contributed by atoms with Gasteiger partial charge in [0.25, 0.3) is 0 Å². The number of fused-ring (bicyclic) bond motifs is 1. The van der Waals surface area contributed by atoms with Gasteiger partial charge in [-0.2, -0.15) is 5.10 Å². The predicted octanol–water partition coefficient (Wildman–Crippen LogP) is 5.20. The third kappa shape index (κ3) is 4.80. The van der Waals surface area contributed by atoms with Crippen LogP contribution in [0.3, 0.4) is 0 Å². The highest BCUT2D eigenvalue weighted by Gasteiger charge is 2.32. The van der Waals surface area contributed by atoms with Crippen LogP contribution < -0.4 is 4.90 Å². The van der Waals surface area contributed by atoms with Crippen molar-refractivity contribution in [3.8, 4) is 5.75 Å². The summed E-state index contributed by atoms with van der Waals surface area (Å²) in [5.41, 5.74) is 4.61. The molecule has 3 aromatic rings. The van der Waals surface area contributed by atoms with Crippen LogP contribution in [0.5, 0.6) is 5.75 Å². The number of carbonyl (C=O) groups is 1. The smallest absolute Gasteiger partial charge is 0.234 e. The number of aromatic nitrogens is 3. The number of halogens is 1. The number of hydrogen-bond acceptors (Lipinski definition) is 4. The molecule has 0 saturated heterocycles. The summed E-state index contributed by atoms with van der Waals surface area (Å²) in [6.45, 7) is 7.48. The van der Waals surface area contributed by atoms with Gasteiger partial charge in [-0.25, -0.2) is 0 Å². The maximum absolute atomic E-state index is 13.9. The van der Waals surface area contributed by atoms with Gasteiger partial charge in [0.15, 0.2) is 0 Å². The molecule has 1 atom stereocenters. The van der Waals surface area contributed by atoms with E-state index >= 15 is 0 Å². The zero-order chi connectivity index (χ0) is 22.0. The van der Waals surface area contributed by atoms with Crippen LogP contribution in [0.2, 0.25) is 0 Å². The highest BCUT2D eigenvalue weighted by Crippen LogP contribution is 2.38. The molecule has 0 bridgehead atoms. The fourth-order valence-corrected chi connectivity index (χ4v) is 4.31. The summed E-state index contributed by atoms with van der Waals surface area (Å²) in [4.78, 5) is 20.3. The first-order valence-corrected chi connectivity index (χ1v) is 11.1. The van der Waals surface area contributed by atoms with Crippen molar-refractivity contribution in [1.29, 1.82) is 0 Å². The topological polar surface area (TPSA) is 71.2 Å². The third-order valence-electron chi connectivity index (χ3n) is 6.07. The van der Waals surface area contributed by atoms with Crippen LogP contribution >= 0.6 is 12.4 Å². The van der Waals surface area contributed by atoms with Crippen molar-refractivity contribution in [3.05, 3.63) is 71.3 Å². The van der Waals surface area contributed by atoms with Crippen molar-refractivity contribution in [3.63, 3.8) is 0 Å². The zero-order valence-corrected chi connectivity index (χ0v) is 19.7. The molecule has 0 unspecified atom stereocenters. The molecule has 0 fully saturated rings. The molecule has 0 saturated carbocycles. The summed E-state index contributed by atoms with van der Waals surface area (Å²) < 4.78 is 1.87. The van der Waals surface area contributed by atoms with Gasteiger partial charge >= 0.3 is 0 Å². The summed E-state index contributed by atoms with van der Waals surface area (Å²) >= 11 is 0.